The molecule has 0 bridgehead atoms. The zero-order chi connectivity index (χ0) is 25.1. The highest BCUT2D eigenvalue weighted by Crippen LogP contribution is 2.30. The third-order valence-corrected chi connectivity index (χ3v) is 5.75. The van der Waals surface area contributed by atoms with Crippen molar-refractivity contribution in [1.29, 1.82) is 0 Å². The van der Waals surface area contributed by atoms with Gasteiger partial charge >= 0.3 is 5.69 Å². The van der Waals surface area contributed by atoms with Crippen molar-refractivity contribution < 1.29 is 18.6 Å². The normalized spacial score (nSPS) is 12.0. The first kappa shape index (κ1) is 24.1. The lowest BCUT2D eigenvalue weighted by Crippen LogP contribution is -2.27. The van der Waals surface area contributed by atoms with Crippen molar-refractivity contribution in [2.24, 2.45) is 0 Å². The Hall–Kier alpha value is -4.02. The van der Waals surface area contributed by atoms with E-state index in [4.69, 9.17) is 11.2 Å². The van der Waals surface area contributed by atoms with Crippen LogP contribution >= 0.6 is 0 Å². The summed E-state index contributed by atoms with van der Waals surface area (Å²) < 4.78 is 34.2. The molecule has 7 heteroatoms. The van der Waals surface area contributed by atoms with Gasteiger partial charge in [-0.2, -0.15) is 4.98 Å². The van der Waals surface area contributed by atoms with Crippen molar-refractivity contribution in [3.05, 3.63) is 93.9 Å². The highest BCUT2D eigenvalue weighted by atomic mass is 19.1. The quantitative estimate of drug-likeness (QED) is 0.374. The van der Waals surface area contributed by atoms with Gasteiger partial charge in [0, 0.05) is 17.0 Å². The molecule has 4 rings (SSSR count). The maximum absolute atomic E-state index is 13.7. The molecule has 0 radical (unpaired) electrons. The number of hydrogen-bond acceptors (Lipinski definition) is 4. The molecule has 35 heavy (non-hydrogen) atoms. The van der Waals surface area contributed by atoms with Crippen LogP contribution in [0.4, 0.5) is 8.78 Å². The summed E-state index contributed by atoms with van der Waals surface area (Å²) in [5, 5.41) is 11.3. The number of ether oxygens (including phenoxy) is 1. The predicted octanol–water partition coefficient (Wildman–Crippen LogP) is 5.21. The van der Waals surface area contributed by atoms with E-state index < -0.39 is 23.4 Å². The van der Waals surface area contributed by atoms with Gasteiger partial charge in [-0.1, -0.05) is 44.0 Å². The van der Waals surface area contributed by atoms with Crippen molar-refractivity contribution in [1.82, 2.24) is 9.55 Å². The molecule has 5 nitrogen and oxygen atoms in total. The molecule has 0 spiro atoms. The molecular weight excluding hydrogens is 450 g/mol. The van der Waals surface area contributed by atoms with Crippen molar-refractivity contribution in [3.8, 4) is 29.4 Å². The minimum Gasteiger partial charge on any atom is -0.481 e. The van der Waals surface area contributed by atoms with Crippen LogP contribution in [0.2, 0.25) is 0 Å². The molecule has 0 aliphatic heterocycles. The monoisotopic (exact) mass is 474 g/mol. The summed E-state index contributed by atoms with van der Waals surface area (Å²) in [6, 6.07) is 15.6. The SMILES string of the molecule is C#CCOc1ccc2c(c1)c(-c1ccc(C(C)C)cc1)nc(=O)n2CC(O)c1cc(F)cc(F)c1. The summed E-state index contributed by atoms with van der Waals surface area (Å²) in [4.78, 5) is 17.4. The van der Waals surface area contributed by atoms with Crippen LogP contribution in [-0.4, -0.2) is 21.3 Å². The van der Waals surface area contributed by atoms with Crippen LogP contribution in [0.15, 0.2) is 65.5 Å². The molecule has 0 fully saturated rings. The topological polar surface area (TPSA) is 64.3 Å². The van der Waals surface area contributed by atoms with Crippen molar-refractivity contribution in [2.45, 2.75) is 32.4 Å². The fraction of sp³-hybridized carbons (Fsp3) is 0.214. The molecule has 0 saturated heterocycles. The van der Waals surface area contributed by atoms with Gasteiger partial charge in [-0.25, -0.2) is 13.6 Å². The fourth-order valence-corrected chi connectivity index (χ4v) is 3.94. The molecule has 1 unspecified atom stereocenters. The van der Waals surface area contributed by atoms with Crippen LogP contribution in [0.25, 0.3) is 22.2 Å². The Bertz CT molecular complexity index is 1450. The predicted molar refractivity (Wildman–Crippen MR) is 131 cm³/mol. The maximum Gasteiger partial charge on any atom is 0.348 e. The van der Waals surface area contributed by atoms with E-state index in [2.05, 4.69) is 24.8 Å². The number of rotatable bonds is 7. The van der Waals surface area contributed by atoms with Gasteiger partial charge in [-0.3, -0.25) is 4.57 Å². The number of terminal acetylenes is 1. The Kier molecular flexibility index (Phi) is 6.94. The van der Waals surface area contributed by atoms with Crippen molar-refractivity contribution in [3.63, 3.8) is 0 Å². The van der Waals surface area contributed by atoms with Crippen LogP contribution in [0.3, 0.4) is 0 Å². The Balaban J connectivity index is 1.84. The third kappa shape index (κ3) is 5.23. The molecule has 1 aromatic heterocycles. The maximum atomic E-state index is 13.7. The highest BCUT2D eigenvalue weighted by molar-refractivity contribution is 5.93. The Morgan fingerprint density at radius 3 is 2.34 bits per heavy atom. The smallest absolute Gasteiger partial charge is 0.348 e. The molecule has 1 heterocycles. The van der Waals surface area contributed by atoms with Gasteiger partial charge in [0.1, 0.15) is 24.0 Å². The summed E-state index contributed by atoms with van der Waals surface area (Å²) in [7, 11) is 0. The lowest BCUT2D eigenvalue weighted by molar-refractivity contribution is 0.155. The Morgan fingerprint density at radius 2 is 1.71 bits per heavy atom. The zero-order valence-corrected chi connectivity index (χ0v) is 19.3. The van der Waals surface area contributed by atoms with Gasteiger partial charge < -0.3 is 9.84 Å². The van der Waals surface area contributed by atoms with Gasteiger partial charge in [-0.15, -0.1) is 6.42 Å². The minimum absolute atomic E-state index is 0.0184. The molecular formula is C28H24F2N2O3. The van der Waals surface area contributed by atoms with Crippen molar-refractivity contribution >= 4 is 10.9 Å². The highest BCUT2D eigenvalue weighted by Gasteiger charge is 2.18. The number of aliphatic hydroxyl groups excluding tert-OH is 1. The van der Waals surface area contributed by atoms with Crippen LogP contribution in [0, 0.1) is 24.0 Å². The van der Waals surface area contributed by atoms with E-state index in [9.17, 15) is 18.7 Å². The van der Waals surface area contributed by atoms with E-state index >= 15 is 0 Å². The first-order valence-corrected chi connectivity index (χ1v) is 11.1. The molecule has 1 atom stereocenters. The second kappa shape index (κ2) is 10.1. The van der Waals surface area contributed by atoms with E-state index in [0.717, 1.165) is 29.3 Å². The lowest BCUT2D eigenvalue weighted by atomic mass is 9.99. The molecule has 4 aromatic rings. The first-order valence-electron chi connectivity index (χ1n) is 11.1. The zero-order valence-electron chi connectivity index (χ0n) is 19.3. The van der Waals surface area contributed by atoms with Crippen LogP contribution in [0.5, 0.6) is 5.75 Å². The van der Waals surface area contributed by atoms with Crippen LogP contribution < -0.4 is 10.4 Å². The summed E-state index contributed by atoms with van der Waals surface area (Å²) in [6.07, 6.45) is 3.97. The first-order chi connectivity index (χ1) is 16.8. The number of aromatic nitrogens is 2. The Labute approximate surface area is 201 Å². The van der Waals surface area contributed by atoms with Gasteiger partial charge in [-0.05, 0) is 47.4 Å². The summed E-state index contributed by atoms with van der Waals surface area (Å²) >= 11 is 0. The molecule has 3 aromatic carbocycles. The number of fused-ring (bicyclic) bond motifs is 1. The van der Waals surface area contributed by atoms with Crippen molar-refractivity contribution in [2.75, 3.05) is 6.61 Å². The molecule has 178 valence electrons. The van der Waals surface area contributed by atoms with E-state index in [1.165, 1.54) is 4.57 Å². The lowest BCUT2D eigenvalue weighted by Gasteiger charge is -2.17. The number of halogens is 2. The van der Waals surface area contributed by atoms with E-state index in [1.807, 2.05) is 24.3 Å². The molecule has 0 aliphatic rings. The average Bonchev–Trinajstić information content (AvgIpc) is 2.83. The average molecular weight is 475 g/mol. The number of nitrogens with zero attached hydrogens (tertiary/aromatic N) is 2. The van der Waals surface area contributed by atoms with E-state index in [0.29, 0.717) is 28.3 Å². The fourth-order valence-electron chi connectivity index (χ4n) is 3.94. The van der Waals surface area contributed by atoms with Crippen LogP contribution in [-0.2, 0) is 6.54 Å². The summed E-state index contributed by atoms with van der Waals surface area (Å²) in [6.45, 7) is 4.01. The molecule has 0 aliphatic carbocycles. The standard InChI is InChI=1S/C28H24F2N2O3/c1-4-11-35-23-9-10-25-24(15-23)27(19-7-5-18(6-8-19)17(2)3)31-28(34)32(25)16-26(33)20-12-21(29)14-22(30)13-20/h1,5-10,12-15,17,26,33H,11,16H2,2-3H3. The van der Waals surface area contributed by atoms with E-state index in [-0.39, 0.29) is 18.7 Å². The molecule has 1 N–H and O–H groups in total. The van der Waals surface area contributed by atoms with E-state index in [1.54, 1.807) is 18.2 Å². The van der Waals surface area contributed by atoms with Gasteiger partial charge in [0.05, 0.1) is 23.9 Å². The summed E-state index contributed by atoms with van der Waals surface area (Å²) in [5.74, 6) is 1.63. The van der Waals surface area contributed by atoms with Gasteiger partial charge in [0.15, 0.2) is 0 Å². The second-order valence-corrected chi connectivity index (χ2v) is 8.52. The van der Waals surface area contributed by atoms with Gasteiger partial charge in [0.2, 0.25) is 0 Å². The number of hydrogen-bond donors (Lipinski definition) is 1. The molecule has 0 saturated carbocycles. The Morgan fingerprint density at radius 1 is 1.03 bits per heavy atom. The largest absolute Gasteiger partial charge is 0.481 e. The number of aliphatic hydroxyl groups is 1. The minimum atomic E-state index is -1.34. The van der Waals surface area contributed by atoms with Gasteiger partial charge in [0.25, 0.3) is 0 Å². The van der Waals surface area contributed by atoms with Crippen LogP contribution in [0.1, 0.15) is 37.0 Å². The number of benzene rings is 3. The second-order valence-electron chi connectivity index (χ2n) is 8.52. The summed E-state index contributed by atoms with van der Waals surface area (Å²) in [5.41, 5.74) is 2.24. The molecule has 0 amide bonds. The third-order valence-electron chi connectivity index (χ3n) is 5.75.